The molecule has 7 heteroatoms. The van der Waals surface area contributed by atoms with Crippen molar-refractivity contribution >= 4 is 18.3 Å². The van der Waals surface area contributed by atoms with Crippen LogP contribution in [-0.2, 0) is 0 Å². The lowest BCUT2D eigenvalue weighted by Crippen LogP contribution is -2.46. The lowest BCUT2D eigenvalue weighted by molar-refractivity contribution is 0.0947. The molecule has 6 nitrogen and oxygen atoms in total. The fourth-order valence-electron chi connectivity index (χ4n) is 2.53. The minimum atomic E-state index is -0.0719. The van der Waals surface area contributed by atoms with E-state index in [1.807, 2.05) is 30.3 Å². The van der Waals surface area contributed by atoms with Gasteiger partial charge >= 0.3 is 0 Å². The molecule has 1 fully saturated rings. The topological polar surface area (TPSA) is 62.2 Å². The van der Waals surface area contributed by atoms with Crippen molar-refractivity contribution in [3.63, 3.8) is 0 Å². The van der Waals surface area contributed by atoms with Gasteiger partial charge in [0, 0.05) is 45.5 Å². The molecule has 2 N–H and O–H groups in total. The summed E-state index contributed by atoms with van der Waals surface area (Å²) in [6.45, 7) is 5.69. The lowest BCUT2D eigenvalue weighted by atomic mass is 10.3. The van der Waals surface area contributed by atoms with E-state index in [1.54, 1.807) is 17.1 Å². The van der Waals surface area contributed by atoms with Gasteiger partial charge in [-0.3, -0.25) is 9.69 Å². The van der Waals surface area contributed by atoms with E-state index in [0.717, 1.165) is 38.4 Å². The third-order valence-corrected chi connectivity index (χ3v) is 3.79. The quantitative estimate of drug-likeness (QED) is 0.853. The summed E-state index contributed by atoms with van der Waals surface area (Å²) in [5.41, 5.74) is 1.53. The molecule has 1 aromatic heterocycles. The third-order valence-electron chi connectivity index (χ3n) is 3.79. The van der Waals surface area contributed by atoms with Gasteiger partial charge in [0.2, 0.25) is 0 Å². The molecule has 0 bridgehead atoms. The van der Waals surface area contributed by atoms with Gasteiger partial charge in [-0.05, 0) is 12.1 Å². The number of halogens is 1. The van der Waals surface area contributed by atoms with Crippen molar-refractivity contribution < 1.29 is 4.79 Å². The highest BCUT2D eigenvalue weighted by Gasteiger charge is 2.11. The molecular formula is C16H22ClN5O. The van der Waals surface area contributed by atoms with E-state index in [2.05, 4.69) is 20.6 Å². The molecule has 0 aliphatic carbocycles. The lowest BCUT2D eigenvalue weighted by Gasteiger charge is -2.26. The van der Waals surface area contributed by atoms with Crippen LogP contribution in [0.5, 0.6) is 0 Å². The summed E-state index contributed by atoms with van der Waals surface area (Å²) in [5, 5.41) is 10.5. The Kier molecular flexibility index (Phi) is 6.58. The first-order valence-corrected chi connectivity index (χ1v) is 7.64. The summed E-state index contributed by atoms with van der Waals surface area (Å²) >= 11 is 0. The van der Waals surface area contributed by atoms with Crippen LogP contribution in [0.4, 0.5) is 0 Å². The molecule has 0 spiro atoms. The maximum absolute atomic E-state index is 12.1. The molecule has 0 atom stereocenters. The largest absolute Gasteiger partial charge is 0.351 e. The number of aromatic nitrogens is 2. The number of nitrogens with one attached hydrogen (secondary N) is 2. The third kappa shape index (κ3) is 4.79. The van der Waals surface area contributed by atoms with E-state index >= 15 is 0 Å². The number of carbonyl (C=O) groups excluding carboxylic acids is 1. The highest BCUT2D eigenvalue weighted by atomic mass is 35.5. The number of piperazine rings is 1. The van der Waals surface area contributed by atoms with Gasteiger partial charge in [-0.15, -0.1) is 12.4 Å². The summed E-state index contributed by atoms with van der Waals surface area (Å²) in [7, 11) is 0. The number of nitrogens with zero attached hydrogens (tertiary/aromatic N) is 3. The molecule has 1 aliphatic rings. The van der Waals surface area contributed by atoms with Gasteiger partial charge in [-0.1, -0.05) is 18.2 Å². The highest BCUT2D eigenvalue weighted by Crippen LogP contribution is 2.07. The second-order valence-electron chi connectivity index (χ2n) is 5.36. The van der Waals surface area contributed by atoms with E-state index in [9.17, 15) is 4.79 Å². The van der Waals surface area contributed by atoms with Gasteiger partial charge in [0.15, 0.2) is 0 Å². The van der Waals surface area contributed by atoms with Crippen LogP contribution in [0.1, 0.15) is 10.4 Å². The summed E-state index contributed by atoms with van der Waals surface area (Å²) < 4.78 is 1.71. The zero-order valence-electron chi connectivity index (χ0n) is 12.9. The summed E-state index contributed by atoms with van der Waals surface area (Å²) in [6.07, 6.45) is 3.36. The van der Waals surface area contributed by atoms with Gasteiger partial charge in [-0.25, -0.2) is 4.68 Å². The number of para-hydroxylation sites is 1. The maximum atomic E-state index is 12.1. The van der Waals surface area contributed by atoms with Crippen molar-refractivity contribution in [3.8, 4) is 5.69 Å². The fraction of sp³-hybridized carbons (Fsp3) is 0.375. The Labute approximate surface area is 142 Å². The Balaban J connectivity index is 0.00000192. The normalized spacial score (nSPS) is 15.0. The highest BCUT2D eigenvalue weighted by molar-refractivity contribution is 5.93. The van der Waals surface area contributed by atoms with Gasteiger partial charge in [0.25, 0.3) is 5.91 Å². The number of amides is 1. The van der Waals surface area contributed by atoms with Crippen LogP contribution >= 0.6 is 12.4 Å². The first-order chi connectivity index (χ1) is 10.8. The minimum absolute atomic E-state index is 0. The second kappa shape index (κ2) is 8.67. The standard InChI is InChI=1S/C16H21N5O.ClH/c22-16(18-8-11-20-9-6-17-7-10-20)14-12-19-21(13-14)15-4-2-1-3-5-15;/h1-5,12-13,17H,6-11H2,(H,18,22);1H. The van der Waals surface area contributed by atoms with E-state index in [4.69, 9.17) is 0 Å². The fourth-order valence-corrected chi connectivity index (χ4v) is 2.53. The van der Waals surface area contributed by atoms with Crippen molar-refractivity contribution in [1.82, 2.24) is 25.3 Å². The Hall–Kier alpha value is -1.89. The zero-order valence-corrected chi connectivity index (χ0v) is 13.8. The van der Waals surface area contributed by atoms with Gasteiger partial charge < -0.3 is 10.6 Å². The Bertz CT molecular complexity index is 610. The molecule has 1 aromatic carbocycles. The molecule has 2 aromatic rings. The van der Waals surface area contributed by atoms with E-state index in [1.165, 1.54) is 0 Å². The van der Waals surface area contributed by atoms with Gasteiger partial charge in [0.1, 0.15) is 0 Å². The molecule has 124 valence electrons. The first kappa shape index (κ1) is 17.5. The average molecular weight is 336 g/mol. The van der Waals surface area contributed by atoms with Gasteiger partial charge in [-0.2, -0.15) is 5.10 Å². The monoisotopic (exact) mass is 335 g/mol. The number of hydrogen-bond acceptors (Lipinski definition) is 4. The van der Waals surface area contributed by atoms with Crippen molar-refractivity contribution in [2.45, 2.75) is 0 Å². The summed E-state index contributed by atoms with van der Waals surface area (Å²) in [5.74, 6) is -0.0719. The van der Waals surface area contributed by atoms with Crippen molar-refractivity contribution in [1.29, 1.82) is 0 Å². The van der Waals surface area contributed by atoms with E-state index < -0.39 is 0 Å². The van der Waals surface area contributed by atoms with Crippen LogP contribution < -0.4 is 10.6 Å². The van der Waals surface area contributed by atoms with Crippen LogP contribution in [0.25, 0.3) is 5.69 Å². The second-order valence-corrected chi connectivity index (χ2v) is 5.36. The van der Waals surface area contributed by atoms with Gasteiger partial charge in [0.05, 0.1) is 17.4 Å². The smallest absolute Gasteiger partial charge is 0.254 e. The zero-order chi connectivity index (χ0) is 15.2. The number of rotatable bonds is 5. The molecule has 1 aliphatic heterocycles. The number of carbonyl (C=O) groups is 1. The predicted molar refractivity (Wildman–Crippen MR) is 92.5 cm³/mol. The van der Waals surface area contributed by atoms with Crippen molar-refractivity contribution in [2.75, 3.05) is 39.3 Å². The van der Waals surface area contributed by atoms with Crippen molar-refractivity contribution in [3.05, 3.63) is 48.3 Å². The summed E-state index contributed by atoms with van der Waals surface area (Å²) in [6, 6.07) is 9.77. The van der Waals surface area contributed by atoms with Crippen molar-refractivity contribution in [2.24, 2.45) is 0 Å². The SMILES string of the molecule is Cl.O=C(NCCN1CCNCC1)c1cnn(-c2ccccc2)c1. The first-order valence-electron chi connectivity index (χ1n) is 7.64. The predicted octanol–water partition coefficient (Wildman–Crippen LogP) is 0.929. The molecular weight excluding hydrogens is 314 g/mol. The average Bonchev–Trinajstić information content (AvgIpc) is 3.07. The summed E-state index contributed by atoms with van der Waals surface area (Å²) in [4.78, 5) is 14.5. The van der Waals surface area contributed by atoms with Crippen LogP contribution in [0.15, 0.2) is 42.7 Å². The Morgan fingerprint density at radius 2 is 1.96 bits per heavy atom. The van der Waals surface area contributed by atoms with Crippen LogP contribution in [0.3, 0.4) is 0 Å². The number of benzene rings is 1. The molecule has 1 amide bonds. The molecule has 0 unspecified atom stereocenters. The molecule has 1 saturated heterocycles. The molecule has 0 radical (unpaired) electrons. The molecule has 23 heavy (non-hydrogen) atoms. The molecule has 0 saturated carbocycles. The Morgan fingerprint density at radius 3 is 2.70 bits per heavy atom. The Morgan fingerprint density at radius 1 is 1.22 bits per heavy atom. The van der Waals surface area contributed by atoms with Crippen LogP contribution in [0.2, 0.25) is 0 Å². The maximum Gasteiger partial charge on any atom is 0.254 e. The van der Waals surface area contributed by atoms with Crippen LogP contribution in [0, 0.1) is 0 Å². The molecule has 2 heterocycles. The minimum Gasteiger partial charge on any atom is -0.351 e. The van der Waals surface area contributed by atoms with Crippen LogP contribution in [-0.4, -0.2) is 59.9 Å². The van der Waals surface area contributed by atoms with E-state index in [0.29, 0.717) is 12.1 Å². The van der Waals surface area contributed by atoms with E-state index in [-0.39, 0.29) is 18.3 Å². The molecule has 3 rings (SSSR count). The number of hydrogen-bond donors (Lipinski definition) is 2.